The summed E-state index contributed by atoms with van der Waals surface area (Å²) in [5.74, 6) is 1.57. The number of benzene rings is 1. The topological polar surface area (TPSA) is 33.7 Å². The van der Waals surface area contributed by atoms with Gasteiger partial charge < -0.3 is 19.7 Å². The van der Waals surface area contributed by atoms with Crippen LogP contribution in [0.2, 0.25) is 0 Å². The third kappa shape index (κ3) is 3.23. The quantitative estimate of drug-likeness (QED) is 0.865. The Morgan fingerprint density at radius 1 is 1.33 bits per heavy atom. The van der Waals surface area contributed by atoms with Crippen LogP contribution in [-0.4, -0.2) is 37.3 Å². The van der Waals surface area contributed by atoms with Gasteiger partial charge in [0.1, 0.15) is 0 Å². The molecular weight excluding hydrogens is 284 g/mol. The maximum Gasteiger partial charge on any atom is 0.169 e. The number of rotatable bonds is 4. The van der Waals surface area contributed by atoms with Gasteiger partial charge in [-0.25, -0.2) is 0 Å². The molecule has 0 spiro atoms. The van der Waals surface area contributed by atoms with Gasteiger partial charge in [-0.3, -0.25) is 0 Å². The summed E-state index contributed by atoms with van der Waals surface area (Å²) in [6.45, 7) is 6.17. The lowest BCUT2D eigenvalue weighted by molar-refractivity contribution is 0.308. The summed E-state index contributed by atoms with van der Waals surface area (Å²) in [6.07, 6.45) is 2.04. The summed E-state index contributed by atoms with van der Waals surface area (Å²) in [7, 11) is 3.34. The molecule has 0 radical (unpaired) electrons. The Balaban J connectivity index is 2.26. The zero-order valence-electron chi connectivity index (χ0n) is 13.2. The van der Waals surface area contributed by atoms with E-state index in [0.717, 1.165) is 42.5 Å². The van der Waals surface area contributed by atoms with Gasteiger partial charge in [-0.2, -0.15) is 0 Å². The molecule has 0 aromatic heterocycles. The van der Waals surface area contributed by atoms with Gasteiger partial charge in [0, 0.05) is 13.1 Å². The highest BCUT2D eigenvalue weighted by atomic mass is 32.1. The van der Waals surface area contributed by atoms with Crippen LogP contribution in [0.1, 0.15) is 37.4 Å². The molecule has 1 aromatic carbocycles. The van der Waals surface area contributed by atoms with Gasteiger partial charge in [-0.15, -0.1) is 0 Å². The maximum atomic E-state index is 5.51. The minimum absolute atomic E-state index is 0.241. The van der Waals surface area contributed by atoms with Crippen molar-refractivity contribution in [2.24, 2.45) is 0 Å². The number of nitrogens with one attached hydrogen (secondary N) is 1. The second-order valence-electron chi connectivity index (χ2n) is 5.26. The third-order valence-corrected chi connectivity index (χ3v) is 4.35. The number of thiocarbonyl (C=S) groups is 1. The van der Waals surface area contributed by atoms with Gasteiger partial charge >= 0.3 is 0 Å². The maximum absolute atomic E-state index is 5.51. The fourth-order valence-corrected chi connectivity index (χ4v) is 3.11. The summed E-state index contributed by atoms with van der Waals surface area (Å²) in [6, 6.07) is 4.41. The van der Waals surface area contributed by atoms with Crippen LogP contribution in [0.4, 0.5) is 0 Å². The fourth-order valence-electron chi connectivity index (χ4n) is 2.76. The van der Waals surface area contributed by atoms with Crippen molar-refractivity contribution in [3.05, 3.63) is 23.3 Å². The molecule has 1 heterocycles. The average molecular weight is 308 g/mol. The van der Waals surface area contributed by atoms with E-state index in [2.05, 4.69) is 36.2 Å². The van der Waals surface area contributed by atoms with Crippen molar-refractivity contribution in [3.8, 4) is 11.5 Å². The lowest BCUT2D eigenvalue weighted by Crippen LogP contribution is -2.44. The number of fused-ring (bicyclic) bond motifs is 1. The Bertz CT molecular complexity index is 519. The Morgan fingerprint density at radius 2 is 2.00 bits per heavy atom. The number of hydrogen-bond donors (Lipinski definition) is 1. The van der Waals surface area contributed by atoms with Crippen LogP contribution >= 0.6 is 12.2 Å². The molecule has 0 saturated heterocycles. The molecule has 1 N–H and O–H groups in total. The molecule has 0 amide bonds. The summed E-state index contributed by atoms with van der Waals surface area (Å²) >= 11 is 5.51. The Morgan fingerprint density at radius 3 is 2.62 bits per heavy atom. The van der Waals surface area contributed by atoms with Crippen molar-refractivity contribution in [2.45, 2.75) is 32.7 Å². The van der Waals surface area contributed by atoms with Gasteiger partial charge in [0.2, 0.25) is 0 Å². The molecule has 0 aliphatic carbocycles. The van der Waals surface area contributed by atoms with E-state index in [9.17, 15) is 0 Å². The largest absolute Gasteiger partial charge is 0.493 e. The highest BCUT2D eigenvalue weighted by Gasteiger charge is 2.27. The van der Waals surface area contributed by atoms with Crippen molar-refractivity contribution in [2.75, 3.05) is 27.3 Å². The van der Waals surface area contributed by atoms with Gasteiger partial charge in [-0.05, 0) is 55.2 Å². The Hall–Kier alpha value is -1.49. The SMILES string of the molecule is CCCNC(=S)N1CCc2cc(OC)c(OC)cc2C1C. The monoisotopic (exact) mass is 308 g/mol. The van der Waals surface area contributed by atoms with Crippen molar-refractivity contribution in [1.82, 2.24) is 10.2 Å². The first-order valence-corrected chi connectivity index (χ1v) is 7.82. The molecule has 1 aromatic rings. The minimum atomic E-state index is 0.241. The van der Waals surface area contributed by atoms with Gasteiger partial charge in [0.25, 0.3) is 0 Å². The summed E-state index contributed by atoms with van der Waals surface area (Å²) in [5, 5.41) is 4.15. The molecule has 2 rings (SSSR count). The van der Waals surface area contributed by atoms with E-state index in [0.29, 0.717) is 0 Å². The summed E-state index contributed by atoms with van der Waals surface area (Å²) in [4.78, 5) is 2.25. The Kier molecular flexibility index (Phi) is 5.28. The van der Waals surface area contributed by atoms with E-state index < -0.39 is 0 Å². The van der Waals surface area contributed by atoms with Crippen LogP contribution in [0.25, 0.3) is 0 Å². The molecule has 1 atom stereocenters. The van der Waals surface area contributed by atoms with E-state index in [4.69, 9.17) is 21.7 Å². The minimum Gasteiger partial charge on any atom is -0.493 e. The highest BCUT2D eigenvalue weighted by Crippen LogP contribution is 2.37. The molecule has 21 heavy (non-hydrogen) atoms. The van der Waals surface area contributed by atoms with Crippen LogP contribution in [0.3, 0.4) is 0 Å². The second-order valence-corrected chi connectivity index (χ2v) is 5.64. The van der Waals surface area contributed by atoms with Gasteiger partial charge in [-0.1, -0.05) is 6.92 Å². The molecule has 1 aliphatic heterocycles. The molecule has 0 fully saturated rings. The smallest absolute Gasteiger partial charge is 0.169 e. The van der Waals surface area contributed by atoms with Crippen molar-refractivity contribution >= 4 is 17.3 Å². The molecule has 1 aliphatic rings. The zero-order chi connectivity index (χ0) is 15.4. The van der Waals surface area contributed by atoms with E-state index in [-0.39, 0.29) is 6.04 Å². The molecule has 5 heteroatoms. The highest BCUT2D eigenvalue weighted by molar-refractivity contribution is 7.80. The van der Waals surface area contributed by atoms with E-state index in [1.165, 1.54) is 11.1 Å². The van der Waals surface area contributed by atoms with Crippen LogP contribution in [-0.2, 0) is 6.42 Å². The normalized spacial score (nSPS) is 17.1. The first-order valence-electron chi connectivity index (χ1n) is 7.41. The van der Waals surface area contributed by atoms with E-state index in [1.807, 2.05) is 0 Å². The lowest BCUT2D eigenvalue weighted by atomic mass is 9.93. The third-order valence-electron chi connectivity index (χ3n) is 3.97. The van der Waals surface area contributed by atoms with Gasteiger partial charge in [0.15, 0.2) is 16.6 Å². The van der Waals surface area contributed by atoms with Gasteiger partial charge in [0.05, 0.1) is 20.3 Å². The lowest BCUT2D eigenvalue weighted by Gasteiger charge is -2.37. The summed E-state index contributed by atoms with van der Waals surface area (Å²) < 4.78 is 10.8. The van der Waals surface area contributed by atoms with Crippen LogP contribution in [0.5, 0.6) is 11.5 Å². The second kappa shape index (κ2) is 6.98. The fraction of sp³-hybridized carbons (Fsp3) is 0.562. The number of ether oxygens (including phenoxy) is 2. The van der Waals surface area contributed by atoms with E-state index >= 15 is 0 Å². The van der Waals surface area contributed by atoms with Crippen molar-refractivity contribution < 1.29 is 9.47 Å². The molecule has 1 unspecified atom stereocenters. The van der Waals surface area contributed by atoms with Crippen LogP contribution in [0, 0.1) is 0 Å². The van der Waals surface area contributed by atoms with Crippen molar-refractivity contribution in [3.63, 3.8) is 0 Å². The van der Waals surface area contributed by atoms with Crippen molar-refractivity contribution in [1.29, 1.82) is 0 Å². The first kappa shape index (κ1) is 15.9. The summed E-state index contributed by atoms with van der Waals surface area (Å²) in [5.41, 5.74) is 2.58. The molecule has 0 saturated carbocycles. The first-order chi connectivity index (χ1) is 10.1. The molecule has 0 bridgehead atoms. The standard InChI is InChI=1S/C16H24N2O2S/c1-5-7-17-16(21)18-8-6-12-9-14(19-3)15(20-4)10-13(12)11(18)2/h9-11H,5-8H2,1-4H3,(H,17,21). The molecule has 4 nitrogen and oxygen atoms in total. The number of methoxy groups -OCH3 is 2. The zero-order valence-corrected chi connectivity index (χ0v) is 14.0. The molecule has 116 valence electrons. The predicted octanol–water partition coefficient (Wildman–Crippen LogP) is 2.91. The number of nitrogens with zero attached hydrogens (tertiary/aromatic N) is 1. The number of hydrogen-bond acceptors (Lipinski definition) is 3. The predicted molar refractivity (Wildman–Crippen MR) is 89.3 cm³/mol. The van der Waals surface area contributed by atoms with Crippen LogP contribution < -0.4 is 14.8 Å². The van der Waals surface area contributed by atoms with E-state index in [1.54, 1.807) is 14.2 Å². The Labute approximate surface area is 132 Å². The average Bonchev–Trinajstić information content (AvgIpc) is 2.51. The van der Waals surface area contributed by atoms with Crippen LogP contribution in [0.15, 0.2) is 12.1 Å². The molecular formula is C16H24N2O2S.